The lowest BCUT2D eigenvalue weighted by molar-refractivity contribution is 0.000976. The van der Waals surface area contributed by atoms with Crippen molar-refractivity contribution >= 4 is 11.7 Å². The third-order valence-corrected chi connectivity index (χ3v) is 6.43. The van der Waals surface area contributed by atoms with Crippen molar-refractivity contribution in [2.24, 2.45) is 11.8 Å². The van der Waals surface area contributed by atoms with Crippen molar-refractivity contribution in [1.29, 1.82) is 0 Å². The number of hydrogen-bond acceptors (Lipinski definition) is 2. The molecule has 6 heteroatoms. The van der Waals surface area contributed by atoms with Crippen LogP contribution in [0.15, 0.2) is 48.5 Å². The topological polar surface area (TPSA) is 44.4 Å². The highest BCUT2D eigenvalue weighted by molar-refractivity contribution is 5.89. The average Bonchev–Trinajstić information content (AvgIpc) is 2.75. The monoisotopic (exact) mass is 413 g/mol. The van der Waals surface area contributed by atoms with Gasteiger partial charge in [0, 0.05) is 31.4 Å². The molecule has 0 radical (unpaired) electrons. The van der Waals surface area contributed by atoms with Gasteiger partial charge < -0.3 is 10.6 Å². The lowest BCUT2D eigenvalue weighted by Crippen LogP contribution is -2.54. The van der Waals surface area contributed by atoms with Gasteiger partial charge in [0.25, 0.3) is 0 Å². The standard InChI is InChI=1S/C24H29F2N3O/c25-20-5-2-17(3-6-20)14-19-15-18-4-11-23(19)29(16-18)13-1-12-27-24(30)28-22-9-7-21(26)8-10-22/h2-3,5-10,18-19,23H,1,4,11-16H2,(H2,27,28,30)/t18-,19-,23+/m0/s1. The fourth-order valence-corrected chi connectivity index (χ4v) is 5.05. The molecule has 2 bridgehead atoms. The summed E-state index contributed by atoms with van der Waals surface area (Å²) in [5.41, 5.74) is 1.79. The number of carbonyl (C=O) groups is 1. The summed E-state index contributed by atoms with van der Waals surface area (Å²) in [7, 11) is 0. The summed E-state index contributed by atoms with van der Waals surface area (Å²) < 4.78 is 26.1. The highest BCUT2D eigenvalue weighted by Crippen LogP contribution is 2.40. The maximum atomic E-state index is 13.2. The van der Waals surface area contributed by atoms with Gasteiger partial charge in [0.2, 0.25) is 0 Å². The van der Waals surface area contributed by atoms with E-state index in [0.29, 0.717) is 24.2 Å². The number of fused-ring (bicyclic) bond motifs is 3. The molecule has 2 saturated heterocycles. The summed E-state index contributed by atoms with van der Waals surface area (Å²) in [5, 5.41) is 5.60. The molecule has 2 heterocycles. The van der Waals surface area contributed by atoms with E-state index in [1.165, 1.54) is 37.0 Å². The smallest absolute Gasteiger partial charge is 0.319 e. The van der Waals surface area contributed by atoms with E-state index in [1.54, 1.807) is 24.3 Å². The van der Waals surface area contributed by atoms with Crippen LogP contribution >= 0.6 is 0 Å². The summed E-state index contributed by atoms with van der Waals surface area (Å²) in [6.07, 6.45) is 5.70. The molecule has 2 N–H and O–H groups in total. The van der Waals surface area contributed by atoms with Crippen LogP contribution in [0.5, 0.6) is 0 Å². The number of hydrogen-bond donors (Lipinski definition) is 2. The third kappa shape index (κ3) is 5.36. The molecule has 1 saturated carbocycles. The van der Waals surface area contributed by atoms with Gasteiger partial charge in [-0.3, -0.25) is 4.90 Å². The summed E-state index contributed by atoms with van der Waals surface area (Å²) >= 11 is 0. The molecule has 0 unspecified atom stereocenters. The van der Waals surface area contributed by atoms with Crippen LogP contribution in [0.1, 0.15) is 31.2 Å². The summed E-state index contributed by atoms with van der Waals surface area (Å²) in [6, 6.07) is 13.0. The number of benzene rings is 2. The zero-order valence-electron chi connectivity index (χ0n) is 17.1. The van der Waals surface area contributed by atoms with Gasteiger partial charge >= 0.3 is 6.03 Å². The summed E-state index contributed by atoms with van der Waals surface area (Å²) in [4.78, 5) is 14.6. The van der Waals surface area contributed by atoms with E-state index >= 15 is 0 Å². The number of urea groups is 1. The van der Waals surface area contributed by atoms with Crippen LogP contribution in [0.4, 0.5) is 19.3 Å². The molecule has 2 aromatic rings. The van der Waals surface area contributed by atoms with Crippen LogP contribution in [0.2, 0.25) is 0 Å². The van der Waals surface area contributed by atoms with E-state index in [1.807, 2.05) is 12.1 Å². The van der Waals surface area contributed by atoms with Crippen molar-refractivity contribution < 1.29 is 13.6 Å². The first-order valence-corrected chi connectivity index (χ1v) is 10.9. The second-order valence-electron chi connectivity index (χ2n) is 8.57. The van der Waals surface area contributed by atoms with Gasteiger partial charge in [0.1, 0.15) is 11.6 Å². The zero-order chi connectivity index (χ0) is 20.9. The molecular weight excluding hydrogens is 384 g/mol. The number of rotatable bonds is 7. The van der Waals surface area contributed by atoms with Gasteiger partial charge in [-0.1, -0.05) is 12.1 Å². The number of piperidine rings is 2. The molecule has 0 spiro atoms. The number of carbonyl (C=O) groups excluding carboxylic acids is 1. The van der Waals surface area contributed by atoms with Gasteiger partial charge in [-0.2, -0.15) is 0 Å². The minimum atomic E-state index is -0.325. The quantitative estimate of drug-likeness (QED) is 0.639. The Balaban J connectivity index is 1.22. The van der Waals surface area contributed by atoms with Crippen LogP contribution in [0.25, 0.3) is 0 Å². The van der Waals surface area contributed by atoms with Crippen molar-refractivity contribution in [3.8, 4) is 0 Å². The molecule has 30 heavy (non-hydrogen) atoms. The van der Waals surface area contributed by atoms with Crippen molar-refractivity contribution in [3.63, 3.8) is 0 Å². The maximum absolute atomic E-state index is 13.2. The predicted molar refractivity (Wildman–Crippen MR) is 114 cm³/mol. The molecule has 4 nitrogen and oxygen atoms in total. The largest absolute Gasteiger partial charge is 0.338 e. The Morgan fingerprint density at radius 1 is 1.00 bits per heavy atom. The molecule has 160 valence electrons. The first kappa shape index (κ1) is 20.8. The lowest BCUT2D eigenvalue weighted by atomic mass is 9.70. The molecular formula is C24H29F2N3O. The minimum absolute atomic E-state index is 0.179. The Labute approximate surface area is 176 Å². The molecule has 5 rings (SSSR count). The van der Waals surface area contributed by atoms with E-state index in [4.69, 9.17) is 0 Å². The van der Waals surface area contributed by atoms with E-state index < -0.39 is 0 Å². The van der Waals surface area contributed by atoms with Crippen molar-refractivity contribution in [3.05, 3.63) is 65.7 Å². The fourth-order valence-electron chi connectivity index (χ4n) is 5.05. The van der Waals surface area contributed by atoms with Gasteiger partial charge in [0.05, 0.1) is 0 Å². The summed E-state index contributed by atoms with van der Waals surface area (Å²) in [5.74, 6) is 0.865. The maximum Gasteiger partial charge on any atom is 0.319 e. The van der Waals surface area contributed by atoms with Crippen LogP contribution in [-0.4, -0.2) is 36.6 Å². The normalized spacial score (nSPS) is 23.3. The highest BCUT2D eigenvalue weighted by atomic mass is 19.1. The van der Waals surface area contributed by atoms with Crippen molar-refractivity contribution in [2.75, 3.05) is 25.0 Å². The van der Waals surface area contributed by atoms with Gasteiger partial charge in [0.15, 0.2) is 0 Å². The SMILES string of the molecule is O=C(NCCCN1C[C@H]2CC[C@@H]1[C@@H](Cc1ccc(F)cc1)C2)Nc1ccc(F)cc1. The third-order valence-electron chi connectivity index (χ3n) is 6.43. The van der Waals surface area contributed by atoms with Crippen LogP contribution < -0.4 is 10.6 Å². The number of anilines is 1. The molecule has 2 amide bonds. The van der Waals surface area contributed by atoms with E-state index in [9.17, 15) is 13.6 Å². The van der Waals surface area contributed by atoms with E-state index in [0.717, 1.165) is 31.8 Å². The molecule has 1 aliphatic carbocycles. The molecule has 0 aromatic heterocycles. The second-order valence-corrected chi connectivity index (χ2v) is 8.57. The van der Waals surface area contributed by atoms with Gasteiger partial charge in [-0.25, -0.2) is 13.6 Å². The minimum Gasteiger partial charge on any atom is -0.338 e. The highest BCUT2D eigenvalue weighted by Gasteiger charge is 2.40. The first-order chi connectivity index (χ1) is 14.6. The van der Waals surface area contributed by atoms with Crippen LogP contribution in [-0.2, 0) is 6.42 Å². The first-order valence-electron chi connectivity index (χ1n) is 10.9. The molecule has 3 atom stereocenters. The number of nitrogens with zero attached hydrogens (tertiary/aromatic N) is 1. The average molecular weight is 414 g/mol. The van der Waals surface area contributed by atoms with Crippen LogP contribution in [0.3, 0.4) is 0 Å². The molecule has 2 aliphatic heterocycles. The van der Waals surface area contributed by atoms with Crippen molar-refractivity contribution in [2.45, 2.75) is 38.1 Å². The van der Waals surface area contributed by atoms with Gasteiger partial charge in [-0.05, 0) is 85.9 Å². The second kappa shape index (κ2) is 9.56. The number of nitrogens with one attached hydrogen (secondary N) is 2. The predicted octanol–water partition coefficient (Wildman–Crippen LogP) is 4.82. The van der Waals surface area contributed by atoms with E-state index in [2.05, 4.69) is 15.5 Å². The van der Waals surface area contributed by atoms with Gasteiger partial charge in [-0.15, -0.1) is 0 Å². The zero-order valence-corrected chi connectivity index (χ0v) is 17.1. The molecule has 3 fully saturated rings. The lowest BCUT2D eigenvalue weighted by Gasteiger charge is -2.50. The Morgan fingerprint density at radius 3 is 2.40 bits per heavy atom. The Hall–Kier alpha value is -2.47. The fraction of sp³-hybridized carbons (Fsp3) is 0.458. The summed E-state index contributed by atoms with van der Waals surface area (Å²) in [6.45, 7) is 2.72. The Bertz CT molecular complexity index is 841. The Kier molecular flexibility index (Phi) is 6.62. The van der Waals surface area contributed by atoms with E-state index in [-0.39, 0.29) is 17.7 Å². The van der Waals surface area contributed by atoms with Crippen LogP contribution in [0, 0.1) is 23.5 Å². The number of amides is 2. The van der Waals surface area contributed by atoms with Crippen molar-refractivity contribution in [1.82, 2.24) is 10.2 Å². The molecule has 3 aliphatic rings. The molecule has 2 aromatic carbocycles. The Morgan fingerprint density at radius 2 is 1.70 bits per heavy atom. The number of halogens is 2.